The number of quaternary nitrogens is 1. The fourth-order valence-electron chi connectivity index (χ4n) is 4.73. The summed E-state index contributed by atoms with van der Waals surface area (Å²) in [4.78, 5) is 22.0. The number of ether oxygens (including phenoxy) is 1. The Morgan fingerprint density at radius 1 is 1.03 bits per heavy atom. The van der Waals surface area contributed by atoms with E-state index >= 15 is 0 Å². The average Bonchev–Trinajstić information content (AvgIpc) is 2.85. The molecule has 33 heavy (non-hydrogen) atoms. The van der Waals surface area contributed by atoms with Crippen LogP contribution in [-0.2, 0) is 21.6 Å². The number of carbonyl (C=O) groups excluding carboxylic acids is 1. The van der Waals surface area contributed by atoms with Crippen LogP contribution in [0.3, 0.4) is 0 Å². The lowest BCUT2D eigenvalue weighted by atomic mass is 9.86. The van der Waals surface area contributed by atoms with Gasteiger partial charge in [0.2, 0.25) is 0 Å². The maximum absolute atomic E-state index is 14.1. The maximum Gasteiger partial charge on any atom is 0.304 e. The summed E-state index contributed by atoms with van der Waals surface area (Å²) in [5, 5.41) is 14.1. The van der Waals surface area contributed by atoms with Crippen LogP contribution >= 0.6 is 0 Å². The Balaban J connectivity index is 1.44. The van der Waals surface area contributed by atoms with Crippen LogP contribution in [-0.4, -0.2) is 53.2 Å². The Morgan fingerprint density at radius 3 is 2.24 bits per heavy atom. The van der Waals surface area contributed by atoms with Crippen molar-refractivity contribution in [2.24, 2.45) is 0 Å². The van der Waals surface area contributed by atoms with Crippen molar-refractivity contribution in [1.29, 1.82) is 0 Å². The monoisotopic (exact) mass is 445 g/mol. The van der Waals surface area contributed by atoms with Crippen molar-refractivity contribution in [1.82, 2.24) is 9.97 Å². The van der Waals surface area contributed by atoms with E-state index in [2.05, 4.69) is 17.0 Å². The predicted molar refractivity (Wildman–Crippen MR) is 124 cm³/mol. The zero-order chi connectivity index (χ0) is 23.2. The van der Waals surface area contributed by atoms with Gasteiger partial charge >= 0.3 is 5.97 Å². The molecule has 1 aliphatic heterocycles. The molecule has 2 atom stereocenters. The van der Waals surface area contributed by atoms with E-state index in [-0.39, 0.29) is 6.10 Å². The Kier molecular flexibility index (Phi) is 7.16. The van der Waals surface area contributed by atoms with Gasteiger partial charge in [0, 0.05) is 37.3 Å². The van der Waals surface area contributed by atoms with Gasteiger partial charge in [-0.25, -0.2) is 9.97 Å². The first-order valence-corrected chi connectivity index (χ1v) is 11.6. The van der Waals surface area contributed by atoms with Crippen molar-refractivity contribution in [3.05, 3.63) is 96.1 Å². The van der Waals surface area contributed by atoms with E-state index in [1.165, 1.54) is 0 Å². The second-order valence-corrected chi connectivity index (χ2v) is 9.10. The molecule has 1 unspecified atom stereocenters. The van der Waals surface area contributed by atoms with Gasteiger partial charge in [-0.2, -0.15) is 0 Å². The topological polar surface area (TPSA) is 75.1 Å². The highest BCUT2D eigenvalue weighted by Crippen LogP contribution is 2.30. The van der Waals surface area contributed by atoms with Crippen molar-refractivity contribution >= 4 is 5.97 Å². The van der Waals surface area contributed by atoms with Crippen molar-refractivity contribution in [3.63, 3.8) is 0 Å². The molecule has 6 nitrogen and oxygen atoms in total. The first-order chi connectivity index (χ1) is 16.0. The molecule has 0 radical (unpaired) electrons. The second kappa shape index (κ2) is 10.2. The minimum absolute atomic E-state index is 0.273. The molecule has 1 aromatic heterocycles. The quantitative estimate of drug-likeness (QED) is 0.394. The third-order valence-corrected chi connectivity index (χ3v) is 6.51. The molecule has 0 amide bonds. The molecule has 0 N–H and O–H groups in total. The molecule has 2 aromatic carbocycles. The number of benzene rings is 2. The maximum atomic E-state index is 14.1. The summed E-state index contributed by atoms with van der Waals surface area (Å²) >= 11 is 0. The molecule has 6 heteroatoms. The first kappa shape index (κ1) is 23.1. The van der Waals surface area contributed by atoms with Gasteiger partial charge < -0.3 is 14.3 Å². The van der Waals surface area contributed by atoms with E-state index in [4.69, 9.17) is 4.74 Å². The van der Waals surface area contributed by atoms with Crippen molar-refractivity contribution in [3.8, 4) is 0 Å². The predicted octanol–water partition coefficient (Wildman–Crippen LogP) is 2.87. The van der Waals surface area contributed by atoms with Crippen molar-refractivity contribution in [2.45, 2.75) is 37.4 Å². The van der Waals surface area contributed by atoms with Gasteiger partial charge in [-0.1, -0.05) is 60.7 Å². The number of rotatable bonds is 8. The minimum Gasteiger partial charge on any atom is -0.834 e. The van der Waals surface area contributed by atoms with Gasteiger partial charge in [-0.05, 0) is 23.6 Å². The third-order valence-electron chi connectivity index (χ3n) is 6.51. The van der Waals surface area contributed by atoms with E-state index in [1.807, 2.05) is 18.2 Å². The van der Waals surface area contributed by atoms with Gasteiger partial charge in [0.25, 0.3) is 0 Å². The van der Waals surface area contributed by atoms with E-state index in [0.717, 1.165) is 49.1 Å². The summed E-state index contributed by atoms with van der Waals surface area (Å²) < 4.78 is 6.75. The molecule has 2 heterocycles. The largest absolute Gasteiger partial charge is 0.834 e. The number of likely N-dealkylation sites (tertiary alicyclic amines) is 1. The zero-order valence-electron chi connectivity index (χ0n) is 19.1. The summed E-state index contributed by atoms with van der Waals surface area (Å²) in [6, 6.07) is 19.4. The zero-order valence-corrected chi connectivity index (χ0v) is 19.1. The number of hydrogen-bond acceptors (Lipinski definition) is 5. The Labute approximate surface area is 195 Å². The number of piperidine rings is 1. The normalized spacial score (nSPS) is 20.8. The molecule has 1 saturated heterocycles. The van der Waals surface area contributed by atoms with Gasteiger partial charge in [-0.15, -0.1) is 0 Å². The van der Waals surface area contributed by atoms with Crippen LogP contribution in [0, 0.1) is 0 Å². The van der Waals surface area contributed by atoms with Crippen LogP contribution in [0.25, 0.3) is 0 Å². The molecular weight excluding hydrogens is 414 g/mol. The summed E-state index contributed by atoms with van der Waals surface area (Å²) in [6.45, 7) is 2.69. The molecule has 0 saturated carbocycles. The van der Waals surface area contributed by atoms with Crippen LogP contribution in [0.15, 0.2) is 79.1 Å². The highest BCUT2D eigenvalue weighted by molar-refractivity contribution is 5.85. The SMILES string of the molecule is C[N@@+]1(CCCc2ncccn2)CCCC(OC(=O)C([O-])(c2ccccc2)c2ccccc2)C1. The lowest BCUT2D eigenvalue weighted by molar-refractivity contribution is -0.917. The number of hydrogen-bond donors (Lipinski definition) is 0. The lowest BCUT2D eigenvalue weighted by Crippen LogP contribution is -2.57. The Bertz CT molecular complexity index is 991. The van der Waals surface area contributed by atoms with Crippen LogP contribution in [0.5, 0.6) is 0 Å². The lowest BCUT2D eigenvalue weighted by Gasteiger charge is -2.44. The highest BCUT2D eigenvalue weighted by atomic mass is 16.6. The van der Waals surface area contributed by atoms with E-state index in [1.54, 1.807) is 60.9 Å². The Hall–Kier alpha value is -3.09. The number of aromatic nitrogens is 2. The van der Waals surface area contributed by atoms with Crippen LogP contribution in [0.2, 0.25) is 0 Å². The van der Waals surface area contributed by atoms with Crippen LogP contribution in [0.1, 0.15) is 36.2 Å². The molecule has 0 aliphatic carbocycles. The highest BCUT2D eigenvalue weighted by Gasteiger charge is 2.37. The van der Waals surface area contributed by atoms with Crippen molar-refractivity contribution in [2.75, 3.05) is 26.7 Å². The summed E-state index contributed by atoms with van der Waals surface area (Å²) in [7, 11) is 2.20. The number of likely N-dealkylation sites (N-methyl/N-ethyl adjacent to an activating group) is 1. The molecule has 4 rings (SSSR count). The molecule has 1 aliphatic rings. The summed E-state index contributed by atoms with van der Waals surface area (Å²) in [5.41, 5.74) is -1.29. The van der Waals surface area contributed by atoms with Gasteiger partial charge in [0.15, 0.2) is 6.10 Å². The summed E-state index contributed by atoms with van der Waals surface area (Å²) in [6.07, 6.45) is 6.78. The number of nitrogens with zero attached hydrogens (tertiary/aromatic N) is 3. The standard InChI is InChI=1S/C27H31N3O3/c1-30(20-9-16-25-28-17-10-18-29-25)19-8-15-24(21-30)33-26(31)27(32,22-11-4-2-5-12-22)23-13-6-3-7-14-23/h2-7,10-14,17-18,24H,8-9,15-16,19-21H2,1H3/t24?,30-/m0/s1. The third kappa shape index (κ3) is 5.46. The first-order valence-electron chi connectivity index (χ1n) is 11.6. The molecule has 0 bridgehead atoms. The van der Waals surface area contributed by atoms with E-state index in [0.29, 0.717) is 17.7 Å². The molecular formula is C27H31N3O3. The van der Waals surface area contributed by atoms with Gasteiger partial charge in [0.05, 0.1) is 20.1 Å². The van der Waals surface area contributed by atoms with Gasteiger partial charge in [0.1, 0.15) is 12.4 Å². The average molecular weight is 446 g/mol. The fourth-order valence-corrected chi connectivity index (χ4v) is 4.73. The molecule has 0 spiro atoms. The second-order valence-electron chi connectivity index (χ2n) is 9.10. The number of aryl methyl sites for hydroxylation is 1. The van der Waals surface area contributed by atoms with Crippen LogP contribution in [0.4, 0.5) is 0 Å². The summed E-state index contributed by atoms with van der Waals surface area (Å²) in [5.74, 6) is 0.127. The minimum atomic E-state index is -2.09. The molecule has 3 aromatic rings. The van der Waals surface area contributed by atoms with Crippen molar-refractivity contribution < 1.29 is 19.1 Å². The van der Waals surface area contributed by atoms with E-state index in [9.17, 15) is 9.90 Å². The fraction of sp³-hybridized carbons (Fsp3) is 0.370. The molecule has 1 fully saturated rings. The Morgan fingerprint density at radius 2 is 1.64 bits per heavy atom. The molecule has 172 valence electrons. The van der Waals surface area contributed by atoms with Gasteiger partial charge in [-0.3, -0.25) is 4.79 Å². The smallest absolute Gasteiger partial charge is 0.304 e. The van der Waals surface area contributed by atoms with Crippen LogP contribution < -0.4 is 5.11 Å². The van der Waals surface area contributed by atoms with E-state index < -0.39 is 11.6 Å². The number of esters is 1. The number of carbonyl (C=O) groups is 1.